The van der Waals surface area contributed by atoms with Crippen LogP contribution in [0.3, 0.4) is 0 Å². The summed E-state index contributed by atoms with van der Waals surface area (Å²) in [6, 6.07) is 1.86. The standard InChI is InChI=1S/C32H44BrClFN5O6/c1-32(2,3)46-31(42)40-20-10-11-21(40)18-39(17-20)29-23-16-24(34)26(33)27(35)28(23)36-30(37-29)45-19-22-8-5-12-38(22)13-7-15-44-14-6-9-25(41)43-4/h16,20-22H,5-15,17-19H2,1-4H3/t20?,21?,22-/m0/s1. The topological polar surface area (TPSA) is 107 Å². The van der Waals surface area contributed by atoms with Crippen molar-refractivity contribution >= 4 is 56.3 Å². The Kier molecular flexibility index (Phi) is 11.5. The van der Waals surface area contributed by atoms with E-state index < -0.39 is 11.4 Å². The van der Waals surface area contributed by atoms with Gasteiger partial charge in [-0.15, -0.1) is 0 Å². The summed E-state index contributed by atoms with van der Waals surface area (Å²) in [6.45, 7) is 9.99. The van der Waals surface area contributed by atoms with E-state index in [0.29, 0.717) is 57.0 Å². The molecule has 5 rings (SSSR count). The lowest BCUT2D eigenvalue weighted by molar-refractivity contribution is -0.141. The molecule has 0 saturated carbocycles. The van der Waals surface area contributed by atoms with Crippen molar-refractivity contribution < 1.29 is 32.9 Å². The summed E-state index contributed by atoms with van der Waals surface area (Å²) in [5.74, 6) is -0.250. The molecule has 2 aromatic rings. The van der Waals surface area contributed by atoms with Crippen molar-refractivity contribution in [1.29, 1.82) is 0 Å². The molecule has 2 bridgehead atoms. The number of hydrogen-bond donors (Lipinski definition) is 0. The third-order valence-electron chi connectivity index (χ3n) is 8.71. The highest BCUT2D eigenvalue weighted by Crippen LogP contribution is 2.39. The van der Waals surface area contributed by atoms with Crippen molar-refractivity contribution in [3.63, 3.8) is 0 Å². The van der Waals surface area contributed by atoms with Crippen LogP contribution in [0.1, 0.15) is 65.7 Å². The highest BCUT2D eigenvalue weighted by Gasteiger charge is 2.45. The normalized spacial score (nSPS) is 21.7. The van der Waals surface area contributed by atoms with E-state index >= 15 is 4.39 Å². The van der Waals surface area contributed by atoms with Crippen LogP contribution in [0.2, 0.25) is 5.02 Å². The molecule has 1 aromatic carbocycles. The molecule has 1 amide bonds. The smallest absolute Gasteiger partial charge is 0.410 e. The van der Waals surface area contributed by atoms with Gasteiger partial charge >= 0.3 is 18.1 Å². The van der Waals surface area contributed by atoms with Gasteiger partial charge in [0.2, 0.25) is 0 Å². The number of carbonyl (C=O) groups is 2. The maximum atomic E-state index is 15.6. The molecule has 0 N–H and O–H groups in total. The number of hydrogen-bond acceptors (Lipinski definition) is 10. The molecular weight excluding hydrogens is 685 g/mol. The summed E-state index contributed by atoms with van der Waals surface area (Å²) < 4.78 is 38.0. The monoisotopic (exact) mass is 727 g/mol. The molecular formula is C32H44BrClFN5O6. The van der Waals surface area contributed by atoms with Crippen LogP contribution in [0.5, 0.6) is 6.01 Å². The fraction of sp³-hybridized carbons (Fsp3) is 0.688. The molecule has 3 atom stereocenters. The van der Waals surface area contributed by atoms with Gasteiger partial charge in [0, 0.05) is 50.7 Å². The first-order chi connectivity index (χ1) is 21.9. The van der Waals surface area contributed by atoms with Crippen LogP contribution in [0.4, 0.5) is 15.0 Å². The maximum absolute atomic E-state index is 15.6. The first-order valence-electron chi connectivity index (χ1n) is 16.1. The van der Waals surface area contributed by atoms with Gasteiger partial charge in [-0.25, -0.2) is 9.18 Å². The van der Waals surface area contributed by atoms with Crippen LogP contribution in [-0.2, 0) is 19.0 Å². The quantitative estimate of drug-likeness (QED) is 0.147. The number of amides is 1. The molecule has 3 fully saturated rings. The molecule has 2 unspecified atom stereocenters. The zero-order valence-corrected chi connectivity index (χ0v) is 29.4. The lowest BCUT2D eigenvalue weighted by atomic mass is 10.1. The third kappa shape index (κ3) is 8.32. The zero-order chi connectivity index (χ0) is 33.0. The van der Waals surface area contributed by atoms with Gasteiger partial charge in [0.15, 0.2) is 5.82 Å². The Morgan fingerprint density at radius 1 is 1.11 bits per heavy atom. The number of carbonyl (C=O) groups excluding carboxylic acids is 2. The minimum atomic E-state index is -0.583. The Morgan fingerprint density at radius 2 is 1.83 bits per heavy atom. The molecule has 3 saturated heterocycles. The largest absolute Gasteiger partial charge is 0.469 e. The Bertz CT molecular complexity index is 1400. The van der Waals surface area contributed by atoms with Crippen LogP contribution >= 0.6 is 27.5 Å². The first-order valence-corrected chi connectivity index (χ1v) is 17.2. The highest BCUT2D eigenvalue weighted by molar-refractivity contribution is 9.10. The molecule has 14 heteroatoms. The van der Waals surface area contributed by atoms with E-state index in [2.05, 4.69) is 35.5 Å². The van der Waals surface area contributed by atoms with Gasteiger partial charge in [-0.2, -0.15) is 9.97 Å². The molecule has 3 aliphatic heterocycles. The van der Waals surface area contributed by atoms with Crippen molar-refractivity contribution in [3.05, 3.63) is 21.4 Å². The number of nitrogens with zero attached hydrogens (tertiary/aromatic N) is 5. The maximum Gasteiger partial charge on any atom is 0.410 e. The van der Waals surface area contributed by atoms with E-state index in [1.165, 1.54) is 7.11 Å². The number of fused-ring (bicyclic) bond motifs is 3. The Hall–Kier alpha value is -2.48. The summed E-state index contributed by atoms with van der Waals surface area (Å²) in [4.78, 5) is 39.9. The number of likely N-dealkylation sites (tertiary alicyclic amines) is 1. The van der Waals surface area contributed by atoms with Crippen LogP contribution in [0.15, 0.2) is 10.5 Å². The number of esters is 1. The minimum absolute atomic E-state index is 0.0531. The van der Waals surface area contributed by atoms with Gasteiger partial charge < -0.3 is 23.8 Å². The summed E-state index contributed by atoms with van der Waals surface area (Å²) in [5, 5.41) is 0.727. The number of rotatable bonds is 12. The number of aromatic nitrogens is 2. The Morgan fingerprint density at radius 3 is 2.52 bits per heavy atom. The SMILES string of the molecule is COC(=O)CCCOCCCN1CCC[C@H]1COc1nc(N2CC3CCC(C2)N3C(=O)OC(C)(C)C)c2cc(Cl)c(Br)c(F)c2n1. The Labute approximate surface area is 283 Å². The van der Waals surface area contributed by atoms with E-state index in [1.54, 1.807) is 6.07 Å². The number of halogens is 3. The van der Waals surface area contributed by atoms with Gasteiger partial charge in [-0.1, -0.05) is 11.6 Å². The summed E-state index contributed by atoms with van der Waals surface area (Å²) in [5.41, 5.74) is -0.453. The molecule has 3 aliphatic rings. The van der Waals surface area contributed by atoms with Crippen molar-refractivity contribution in [2.24, 2.45) is 0 Å². The van der Waals surface area contributed by atoms with E-state index in [4.69, 9.17) is 30.8 Å². The molecule has 0 radical (unpaired) electrons. The second kappa shape index (κ2) is 15.2. The van der Waals surface area contributed by atoms with Gasteiger partial charge in [0.25, 0.3) is 0 Å². The van der Waals surface area contributed by atoms with E-state index in [1.807, 2.05) is 25.7 Å². The number of methoxy groups -OCH3 is 1. The summed E-state index contributed by atoms with van der Waals surface area (Å²) >= 11 is 9.66. The number of benzene rings is 1. The van der Waals surface area contributed by atoms with E-state index in [9.17, 15) is 9.59 Å². The second-order valence-electron chi connectivity index (χ2n) is 13.2. The molecule has 11 nitrogen and oxygen atoms in total. The van der Waals surface area contributed by atoms with Crippen LogP contribution in [0, 0.1) is 5.82 Å². The minimum Gasteiger partial charge on any atom is -0.469 e. The first kappa shape index (κ1) is 34.8. The van der Waals surface area contributed by atoms with E-state index in [-0.39, 0.29) is 51.2 Å². The van der Waals surface area contributed by atoms with Crippen molar-refractivity contribution in [3.8, 4) is 6.01 Å². The molecule has 4 heterocycles. The average Bonchev–Trinajstić information content (AvgIpc) is 3.57. The molecule has 0 spiro atoms. The number of anilines is 1. The van der Waals surface area contributed by atoms with Crippen molar-refractivity contribution in [1.82, 2.24) is 19.8 Å². The predicted molar refractivity (Wildman–Crippen MR) is 176 cm³/mol. The molecule has 46 heavy (non-hydrogen) atoms. The predicted octanol–water partition coefficient (Wildman–Crippen LogP) is 5.98. The van der Waals surface area contributed by atoms with Crippen molar-refractivity contribution in [2.75, 3.05) is 58.0 Å². The highest BCUT2D eigenvalue weighted by atomic mass is 79.9. The molecule has 254 valence electrons. The molecule has 1 aromatic heterocycles. The van der Waals surface area contributed by atoms with E-state index in [0.717, 1.165) is 45.2 Å². The van der Waals surface area contributed by atoms with Crippen LogP contribution in [0.25, 0.3) is 10.9 Å². The summed E-state index contributed by atoms with van der Waals surface area (Å²) in [7, 11) is 1.39. The van der Waals surface area contributed by atoms with Gasteiger partial charge in [-0.05, 0) is 87.8 Å². The fourth-order valence-corrected chi connectivity index (χ4v) is 7.07. The summed E-state index contributed by atoms with van der Waals surface area (Å²) in [6.07, 6.45) is 5.30. The third-order valence-corrected chi connectivity index (χ3v) is 10.0. The zero-order valence-electron chi connectivity index (χ0n) is 27.0. The van der Waals surface area contributed by atoms with Crippen molar-refractivity contribution in [2.45, 2.75) is 89.4 Å². The Balaban J connectivity index is 1.26. The van der Waals surface area contributed by atoms with Crippen LogP contribution in [-0.4, -0.2) is 109 Å². The lowest BCUT2D eigenvalue weighted by Crippen LogP contribution is -2.57. The van der Waals surface area contributed by atoms with Gasteiger partial charge in [0.05, 0.1) is 28.7 Å². The second-order valence-corrected chi connectivity index (χ2v) is 14.4. The number of piperazine rings is 1. The lowest BCUT2D eigenvalue weighted by Gasteiger charge is -2.42. The fourth-order valence-electron chi connectivity index (χ4n) is 6.57. The van der Waals surface area contributed by atoms with Gasteiger partial charge in [0.1, 0.15) is 23.5 Å². The average molecular weight is 729 g/mol. The van der Waals surface area contributed by atoms with Crippen LogP contribution < -0.4 is 9.64 Å². The molecule has 0 aliphatic carbocycles. The van der Waals surface area contributed by atoms with Gasteiger partial charge in [-0.3, -0.25) is 14.6 Å². The number of ether oxygens (including phenoxy) is 4.